The summed E-state index contributed by atoms with van der Waals surface area (Å²) in [5.41, 5.74) is 3.48. The summed E-state index contributed by atoms with van der Waals surface area (Å²) in [6, 6.07) is 11.6. The van der Waals surface area contributed by atoms with Gasteiger partial charge in [0.05, 0.1) is 17.8 Å². The largest absolute Gasteiger partial charge is 0.478 e. The Morgan fingerprint density at radius 3 is 2.55 bits per heavy atom. The molecule has 0 aliphatic rings. The normalized spacial score (nSPS) is 10.3. The third-order valence-electron chi connectivity index (χ3n) is 3.26. The van der Waals surface area contributed by atoms with Crippen LogP contribution < -0.4 is 4.90 Å². The molecule has 1 aromatic carbocycles. The average molecular weight is 270 g/mol. The van der Waals surface area contributed by atoms with Crippen LogP contribution in [0.2, 0.25) is 0 Å². The van der Waals surface area contributed by atoms with E-state index in [9.17, 15) is 4.79 Å². The first-order chi connectivity index (χ1) is 9.61. The van der Waals surface area contributed by atoms with Crippen LogP contribution in [0.1, 0.15) is 28.5 Å². The van der Waals surface area contributed by atoms with Crippen molar-refractivity contribution in [3.8, 4) is 0 Å². The van der Waals surface area contributed by atoms with Crippen LogP contribution in [0.25, 0.3) is 0 Å². The molecule has 0 radical (unpaired) electrons. The number of hydrogen-bond acceptors (Lipinski definition) is 3. The number of benzene rings is 1. The molecule has 1 aromatic heterocycles. The molecule has 1 N–H and O–H groups in total. The van der Waals surface area contributed by atoms with Gasteiger partial charge in [0, 0.05) is 18.4 Å². The second kappa shape index (κ2) is 6.19. The van der Waals surface area contributed by atoms with Crippen molar-refractivity contribution in [2.75, 3.05) is 11.4 Å². The lowest BCUT2D eigenvalue weighted by atomic mass is 10.1. The quantitative estimate of drug-likeness (QED) is 0.907. The molecule has 0 amide bonds. The van der Waals surface area contributed by atoms with Gasteiger partial charge in [-0.3, -0.25) is 4.98 Å². The van der Waals surface area contributed by atoms with Gasteiger partial charge in [-0.25, -0.2) is 4.79 Å². The Hall–Kier alpha value is -2.36. The van der Waals surface area contributed by atoms with Crippen LogP contribution in [-0.4, -0.2) is 22.6 Å². The lowest BCUT2D eigenvalue weighted by Gasteiger charge is -2.24. The maximum atomic E-state index is 10.8. The van der Waals surface area contributed by atoms with Crippen molar-refractivity contribution in [1.29, 1.82) is 0 Å². The molecule has 4 nitrogen and oxygen atoms in total. The highest BCUT2D eigenvalue weighted by molar-refractivity contribution is 5.87. The van der Waals surface area contributed by atoms with E-state index in [4.69, 9.17) is 5.11 Å². The van der Waals surface area contributed by atoms with Crippen LogP contribution in [0.4, 0.5) is 5.69 Å². The molecule has 0 saturated carbocycles. The first-order valence-corrected chi connectivity index (χ1v) is 6.60. The van der Waals surface area contributed by atoms with Gasteiger partial charge in [0.25, 0.3) is 0 Å². The predicted molar refractivity (Wildman–Crippen MR) is 79.1 cm³/mol. The minimum absolute atomic E-state index is 0.215. The number of para-hydroxylation sites is 1. The Morgan fingerprint density at radius 1 is 1.25 bits per heavy atom. The van der Waals surface area contributed by atoms with Crippen molar-refractivity contribution < 1.29 is 9.90 Å². The molecule has 0 fully saturated rings. The number of aromatic nitrogens is 1. The number of aromatic carboxylic acids is 1. The summed E-state index contributed by atoms with van der Waals surface area (Å²) in [6.07, 6.45) is 1.41. The van der Waals surface area contributed by atoms with E-state index in [0.29, 0.717) is 6.54 Å². The van der Waals surface area contributed by atoms with Gasteiger partial charge in [-0.15, -0.1) is 0 Å². The predicted octanol–water partition coefficient (Wildman–Crippen LogP) is 3.11. The van der Waals surface area contributed by atoms with Gasteiger partial charge in [-0.2, -0.15) is 0 Å². The second-order valence-electron chi connectivity index (χ2n) is 4.64. The van der Waals surface area contributed by atoms with Crippen LogP contribution in [0.15, 0.2) is 42.6 Å². The summed E-state index contributed by atoms with van der Waals surface area (Å²) < 4.78 is 0. The summed E-state index contributed by atoms with van der Waals surface area (Å²) in [6.45, 7) is 5.71. The van der Waals surface area contributed by atoms with E-state index in [-0.39, 0.29) is 5.56 Å². The molecule has 0 aliphatic heterocycles. The van der Waals surface area contributed by atoms with E-state index in [1.165, 1.54) is 17.4 Å². The standard InChI is InChI=1S/C16H18N2O2/c1-3-18(15-7-5-4-6-12(15)2)11-14-9-8-13(10-17-14)16(19)20/h4-10H,3,11H2,1-2H3,(H,19,20). The summed E-state index contributed by atoms with van der Waals surface area (Å²) in [5.74, 6) is -0.949. The molecular weight excluding hydrogens is 252 g/mol. The maximum Gasteiger partial charge on any atom is 0.337 e. The fourth-order valence-corrected chi connectivity index (χ4v) is 2.13. The van der Waals surface area contributed by atoms with E-state index >= 15 is 0 Å². The van der Waals surface area contributed by atoms with Gasteiger partial charge in [0.2, 0.25) is 0 Å². The zero-order chi connectivity index (χ0) is 14.5. The maximum absolute atomic E-state index is 10.8. The Morgan fingerprint density at radius 2 is 2.00 bits per heavy atom. The lowest BCUT2D eigenvalue weighted by molar-refractivity contribution is 0.0696. The first kappa shape index (κ1) is 14.1. The number of carboxylic acids is 1. The molecule has 1 heterocycles. The number of aryl methyl sites for hydroxylation is 1. The minimum atomic E-state index is -0.949. The molecule has 2 aromatic rings. The third kappa shape index (κ3) is 3.15. The number of carboxylic acid groups (broad SMARTS) is 1. The smallest absolute Gasteiger partial charge is 0.337 e. The van der Waals surface area contributed by atoms with E-state index in [0.717, 1.165) is 12.2 Å². The Labute approximate surface area is 118 Å². The van der Waals surface area contributed by atoms with E-state index in [1.807, 2.05) is 12.1 Å². The van der Waals surface area contributed by atoms with Crippen molar-refractivity contribution in [3.05, 3.63) is 59.4 Å². The fourth-order valence-electron chi connectivity index (χ4n) is 2.13. The zero-order valence-corrected chi connectivity index (χ0v) is 11.7. The van der Waals surface area contributed by atoms with Crippen molar-refractivity contribution in [3.63, 3.8) is 0 Å². The summed E-state index contributed by atoms with van der Waals surface area (Å²) in [5, 5.41) is 8.87. The van der Waals surface area contributed by atoms with Crippen molar-refractivity contribution in [1.82, 2.24) is 4.98 Å². The number of anilines is 1. The number of pyridine rings is 1. The van der Waals surface area contributed by atoms with Gasteiger partial charge in [0.15, 0.2) is 0 Å². The number of carbonyl (C=O) groups is 1. The molecule has 0 aliphatic carbocycles. The van der Waals surface area contributed by atoms with E-state index < -0.39 is 5.97 Å². The molecule has 0 atom stereocenters. The van der Waals surface area contributed by atoms with Gasteiger partial charge in [-0.05, 0) is 37.6 Å². The van der Waals surface area contributed by atoms with Crippen LogP contribution in [0.3, 0.4) is 0 Å². The molecule has 4 heteroatoms. The Kier molecular flexibility index (Phi) is 4.35. The van der Waals surface area contributed by atoms with Gasteiger partial charge >= 0.3 is 5.97 Å². The lowest BCUT2D eigenvalue weighted by Crippen LogP contribution is -2.23. The highest BCUT2D eigenvalue weighted by atomic mass is 16.4. The third-order valence-corrected chi connectivity index (χ3v) is 3.26. The van der Waals surface area contributed by atoms with Crippen molar-refractivity contribution in [2.24, 2.45) is 0 Å². The summed E-state index contributed by atoms with van der Waals surface area (Å²) in [4.78, 5) is 17.2. The van der Waals surface area contributed by atoms with Crippen LogP contribution >= 0.6 is 0 Å². The van der Waals surface area contributed by atoms with Crippen LogP contribution in [0, 0.1) is 6.92 Å². The molecule has 104 valence electrons. The summed E-state index contributed by atoms with van der Waals surface area (Å²) >= 11 is 0. The van der Waals surface area contributed by atoms with Gasteiger partial charge in [0.1, 0.15) is 0 Å². The van der Waals surface area contributed by atoms with Gasteiger partial charge < -0.3 is 10.0 Å². The molecule has 2 rings (SSSR count). The average Bonchev–Trinajstić information content (AvgIpc) is 2.46. The molecule has 0 bridgehead atoms. The number of rotatable bonds is 5. The van der Waals surface area contributed by atoms with Crippen LogP contribution in [-0.2, 0) is 6.54 Å². The van der Waals surface area contributed by atoms with Gasteiger partial charge in [-0.1, -0.05) is 18.2 Å². The second-order valence-corrected chi connectivity index (χ2v) is 4.64. The van der Waals surface area contributed by atoms with Crippen molar-refractivity contribution >= 4 is 11.7 Å². The zero-order valence-electron chi connectivity index (χ0n) is 11.7. The highest BCUT2D eigenvalue weighted by Crippen LogP contribution is 2.20. The SMILES string of the molecule is CCN(Cc1ccc(C(=O)O)cn1)c1ccccc1C. The monoisotopic (exact) mass is 270 g/mol. The molecule has 0 spiro atoms. The number of hydrogen-bond donors (Lipinski definition) is 1. The molecule has 0 saturated heterocycles. The summed E-state index contributed by atoms with van der Waals surface area (Å²) in [7, 11) is 0. The Balaban J connectivity index is 2.18. The first-order valence-electron chi connectivity index (χ1n) is 6.60. The molecule has 20 heavy (non-hydrogen) atoms. The minimum Gasteiger partial charge on any atom is -0.478 e. The highest BCUT2D eigenvalue weighted by Gasteiger charge is 2.09. The van der Waals surface area contributed by atoms with Crippen LogP contribution in [0.5, 0.6) is 0 Å². The molecular formula is C16H18N2O2. The Bertz CT molecular complexity index is 594. The van der Waals surface area contributed by atoms with E-state index in [2.05, 4.69) is 35.9 Å². The molecule has 0 unspecified atom stereocenters. The van der Waals surface area contributed by atoms with E-state index in [1.54, 1.807) is 12.1 Å². The topological polar surface area (TPSA) is 53.4 Å². The fraction of sp³-hybridized carbons (Fsp3) is 0.250. The van der Waals surface area contributed by atoms with Crippen molar-refractivity contribution in [2.45, 2.75) is 20.4 Å². The number of nitrogens with zero attached hydrogens (tertiary/aromatic N) is 2.